The van der Waals surface area contributed by atoms with E-state index in [9.17, 15) is 5.11 Å². The Labute approximate surface area is 104 Å². The van der Waals surface area contributed by atoms with E-state index < -0.39 is 11.1 Å². The highest BCUT2D eigenvalue weighted by Crippen LogP contribution is 2.27. The summed E-state index contributed by atoms with van der Waals surface area (Å²) in [5.41, 5.74) is -1.61. The maximum Gasteiger partial charge on any atom is 0.245 e. The first-order valence-electron chi connectivity index (χ1n) is 4.70. The normalized spacial score (nSPS) is 12.7. The zero-order chi connectivity index (χ0) is 12.6. The molecule has 2 N–H and O–H groups in total. The maximum absolute atomic E-state index is 9.96. The summed E-state index contributed by atoms with van der Waals surface area (Å²) in [6, 6.07) is 0. The number of hydrogen-bond donors (Lipinski definition) is 2. The summed E-state index contributed by atoms with van der Waals surface area (Å²) in [6.07, 6.45) is 0. The first-order chi connectivity index (χ1) is 7.13. The van der Waals surface area contributed by atoms with Gasteiger partial charge in [-0.2, -0.15) is 4.98 Å². The summed E-state index contributed by atoms with van der Waals surface area (Å²) in [7, 11) is 0. The minimum absolute atomic E-state index is 0.00144. The van der Waals surface area contributed by atoms with Crippen LogP contribution in [0.25, 0.3) is 0 Å². The lowest BCUT2D eigenvalue weighted by Crippen LogP contribution is -2.51. The molecule has 0 bridgehead atoms. The van der Waals surface area contributed by atoms with Crippen LogP contribution in [0.3, 0.4) is 0 Å². The lowest BCUT2D eigenvalue weighted by Gasteiger charge is -2.38. The van der Waals surface area contributed by atoms with E-state index in [-0.39, 0.29) is 10.4 Å². The molecule has 16 heavy (non-hydrogen) atoms. The molecule has 5 nitrogen and oxygen atoms in total. The molecule has 0 spiro atoms. The van der Waals surface area contributed by atoms with E-state index in [4.69, 9.17) is 23.2 Å². The summed E-state index contributed by atoms with van der Waals surface area (Å²) < 4.78 is 0. The quantitative estimate of drug-likeness (QED) is 0.876. The molecule has 0 aromatic carbocycles. The van der Waals surface area contributed by atoms with Gasteiger partial charge < -0.3 is 10.4 Å². The molecular formula is C9H14Cl2N4O. The predicted molar refractivity (Wildman–Crippen MR) is 63.8 cm³/mol. The van der Waals surface area contributed by atoms with E-state index in [0.717, 1.165) is 0 Å². The smallest absolute Gasteiger partial charge is 0.245 e. The average Bonchev–Trinajstić information content (AvgIpc) is 2.09. The van der Waals surface area contributed by atoms with Crippen LogP contribution in [-0.2, 0) is 0 Å². The highest BCUT2D eigenvalue weighted by Gasteiger charge is 2.35. The Morgan fingerprint density at radius 2 is 1.69 bits per heavy atom. The largest absolute Gasteiger partial charge is 0.388 e. The van der Waals surface area contributed by atoms with Crippen LogP contribution in [0.15, 0.2) is 0 Å². The number of hydrogen-bond acceptors (Lipinski definition) is 5. The van der Waals surface area contributed by atoms with Crippen molar-refractivity contribution >= 4 is 29.0 Å². The summed E-state index contributed by atoms with van der Waals surface area (Å²) >= 11 is 11.4. The third-order valence-corrected chi connectivity index (χ3v) is 2.99. The molecular weight excluding hydrogens is 251 g/mol. The number of halogens is 2. The van der Waals surface area contributed by atoms with Crippen molar-refractivity contribution in [3.8, 4) is 0 Å². The highest BCUT2D eigenvalue weighted by atomic mass is 35.5. The predicted octanol–water partition coefficient (Wildman–Crippen LogP) is 2.14. The molecule has 0 amide bonds. The van der Waals surface area contributed by atoms with Crippen LogP contribution in [-0.4, -0.2) is 31.4 Å². The summed E-state index contributed by atoms with van der Waals surface area (Å²) in [5, 5.41) is 20.2. The fourth-order valence-corrected chi connectivity index (χ4v) is 1.07. The van der Waals surface area contributed by atoms with E-state index in [1.54, 1.807) is 13.8 Å². The fourth-order valence-electron chi connectivity index (χ4n) is 0.822. The third kappa shape index (κ3) is 2.93. The second-order valence-corrected chi connectivity index (χ2v) is 5.23. The molecule has 0 aliphatic heterocycles. The van der Waals surface area contributed by atoms with Crippen LogP contribution in [0.2, 0.25) is 10.4 Å². The highest BCUT2D eigenvalue weighted by molar-refractivity contribution is 6.32. The van der Waals surface area contributed by atoms with E-state index in [1.807, 2.05) is 13.8 Å². The third-order valence-electron chi connectivity index (χ3n) is 2.58. The SMILES string of the molecule is CC(C)(O)C(C)(C)Nc1nc(Cl)nnc1Cl. The Bertz CT molecular complexity index is 390. The second-order valence-electron chi connectivity index (χ2n) is 4.53. The first-order valence-corrected chi connectivity index (χ1v) is 5.45. The topological polar surface area (TPSA) is 70.9 Å². The molecule has 0 unspecified atom stereocenters. The zero-order valence-corrected chi connectivity index (χ0v) is 11.1. The van der Waals surface area contributed by atoms with Crippen molar-refractivity contribution in [3.05, 3.63) is 10.4 Å². The van der Waals surface area contributed by atoms with E-state index in [2.05, 4.69) is 20.5 Å². The van der Waals surface area contributed by atoms with Crippen molar-refractivity contribution in [3.63, 3.8) is 0 Å². The minimum atomic E-state index is -0.965. The Balaban J connectivity index is 3.01. The Morgan fingerprint density at radius 3 is 2.19 bits per heavy atom. The van der Waals surface area contributed by atoms with E-state index >= 15 is 0 Å². The molecule has 0 aliphatic rings. The maximum atomic E-state index is 9.96. The molecule has 1 heterocycles. The van der Waals surface area contributed by atoms with Gasteiger partial charge in [-0.15, -0.1) is 10.2 Å². The molecule has 0 fully saturated rings. The molecule has 0 saturated carbocycles. The van der Waals surface area contributed by atoms with Gasteiger partial charge >= 0.3 is 0 Å². The summed E-state index contributed by atoms with van der Waals surface area (Å²) in [6.45, 7) is 7.01. The molecule has 0 aliphatic carbocycles. The Morgan fingerprint density at radius 1 is 1.12 bits per heavy atom. The molecule has 90 valence electrons. The fraction of sp³-hybridized carbons (Fsp3) is 0.667. The van der Waals surface area contributed by atoms with Gasteiger partial charge in [-0.05, 0) is 39.3 Å². The molecule has 0 radical (unpaired) electrons. The van der Waals surface area contributed by atoms with E-state index in [0.29, 0.717) is 5.82 Å². The number of aliphatic hydroxyl groups is 1. The molecule has 0 saturated heterocycles. The van der Waals surface area contributed by atoms with Crippen molar-refractivity contribution in [1.82, 2.24) is 15.2 Å². The van der Waals surface area contributed by atoms with Crippen molar-refractivity contribution in [2.45, 2.75) is 38.8 Å². The molecule has 0 atom stereocenters. The lowest BCUT2D eigenvalue weighted by molar-refractivity contribution is 0.0238. The van der Waals surface area contributed by atoms with Gasteiger partial charge in [0.05, 0.1) is 11.1 Å². The number of nitrogens with zero attached hydrogens (tertiary/aromatic N) is 3. The van der Waals surface area contributed by atoms with Gasteiger partial charge in [-0.1, -0.05) is 11.6 Å². The number of nitrogens with one attached hydrogen (secondary N) is 1. The van der Waals surface area contributed by atoms with Gasteiger partial charge in [-0.25, -0.2) is 0 Å². The average molecular weight is 265 g/mol. The van der Waals surface area contributed by atoms with E-state index in [1.165, 1.54) is 0 Å². The second kappa shape index (κ2) is 4.31. The lowest BCUT2D eigenvalue weighted by atomic mass is 9.86. The molecule has 1 rings (SSSR count). The van der Waals surface area contributed by atoms with Crippen LogP contribution in [0, 0.1) is 0 Å². The van der Waals surface area contributed by atoms with Gasteiger partial charge in [0.1, 0.15) is 0 Å². The zero-order valence-electron chi connectivity index (χ0n) is 9.54. The standard InChI is InChI=1S/C9H14Cl2N4O/c1-8(2,9(3,4)16)13-6-5(10)14-15-7(11)12-6/h16H,1-4H3,(H,12,13,15). The summed E-state index contributed by atoms with van der Waals surface area (Å²) in [4.78, 5) is 3.91. The molecule has 1 aromatic rings. The van der Waals surface area contributed by atoms with Gasteiger partial charge in [0.25, 0.3) is 0 Å². The number of anilines is 1. The number of rotatable bonds is 3. The van der Waals surface area contributed by atoms with Crippen molar-refractivity contribution < 1.29 is 5.11 Å². The van der Waals surface area contributed by atoms with Crippen LogP contribution < -0.4 is 5.32 Å². The summed E-state index contributed by atoms with van der Waals surface area (Å²) in [5.74, 6) is 0.300. The van der Waals surface area contributed by atoms with Gasteiger partial charge in [0.15, 0.2) is 11.0 Å². The monoisotopic (exact) mass is 264 g/mol. The van der Waals surface area contributed by atoms with Crippen LogP contribution in [0.4, 0.5) is 5.82 Å². The van der Waals surface area contributed by atoms with Crippen molar-refractivity contribution in [2.75, 3.05) is 5.32 Å². The van der Waals surface area contributed by atoms with Crippen LogP contribution in [0.5, 0.6) is 0 Å². The Kier molecular flexibility index (Phi) is 3.62. The van der Waals surface area contributed by atoms with Crippen LogP contribution in [0.1, 0.15) is 27.7 Å². The molecule has 7 heteroatoms. The number of aromatic nitrogens is 3. The van der Waals surface area contributed by atoms with Gasteiger partial charge in [-0.3, -0.25) is 0 Å². The minimum Gasteiger partial charge on any atom is -0.388 e. The van der Waals surface area contributed by atoms with Crippen molar-refractivity contribution in [2.24, 2.45) is 0 Å². The van der Waals surface area contributed by atoms with Gasteiger partial charge in [0, 0.05) is 0 Å². The van der Waals surface area contributed by atoms with Gasteiger partial charge in [0.2, 0.25) is 5.28 Å². The molecule has 1 aromatic heterocycles. The van der Waals surface area contributed by atoms with Crippen molar-refractivity contribution in [1.29, 1.82) is 0 Å². The van der Waals surface area contributed by atoms with Crippen LogP contribution >= 0.6 is 23.2 Å². The Hall–Kier alpha value is -0.650. The first kappa shape index (κ1) is 13.4.